The highest BCUT2D eigenvalue weighted by Gasteiger charge is 2.51. The van der Waals surface area contributed by atoms with Gasteiger partial charge in [0.1, 0.15) is 5.75 Å². The Morgan fingerprint density at radius 1 is 1.03 bits per heavy atom. The van der Waals surface area contributed by atoms with Gasteiger partial charge in [0.05, 0.1) is 11.1 Å². The molecule has 4 aliphatic rings. The number of carbonyl (C=O) groups excluding carboxylic acids is 1. The van der Waals surface area contributed by atoms with Gasteiger partial charge in [0.25, 0.3) is 11.6 Å². The van der Waals surface area contributed by atoms with E-state index < -0.39 is 4.92 Å². The largest absolute Gasteiger partial charge is 0.484 e. The van der Waals surface area contributed by atoms with Crippen molar-refractivity contribution in [3.8, 4) is 5.75 Å². The minimum Gasteiger partial charge on any atom is -0.484 e. The summed E-state index contributed by atoms with van der Waals surface area (Å²) in [5.41, 5.74) is 4.86. The minimum atomic E-state index is -0.463. The molecule has 0 radical (unpaired) electrons. The zero-order valence-electron chi connectivity index (χ0n) is 17.9. The van der Waals surface area contributed by atoms with E-state index >= 15 is 0 Å². The molecular formula is C25H27N3O4. The maximum absolute atomic E-state index is 12.0. The Kier molecular flexibility index (Phi) is 5.41. The SMILES string of the molecule is O=C(COc1ccc(C23CC4CC(CC(C4)C2)C3)cc1)NN=Cc1ccc([N+](=O)[O-])cc1. The second-order valence-corrected chi connectivity index (χ2v) is 9.65. The van der Waals surface area contributed by atoms with Crippen LogP contribution in [0, 0.1) is 27.9 Å². The third-order valence-electron chi connectivity index (χ3n) is 7.38. The van der Waals surface area contributed by atoms with Crippen molar-refractivity contribution in [1.29, 1.82) is 0 Å². The first-order chi connectivity index (χ1) is 15.5. The molecule has 166 valence electrons. The second kappa shape index (κ2) is 8.37. The van der Waals surface area contributed by atoms with E-state index in [4.69, 9.17) is 4.74 Å². The topological polar surface area (TPSA) is 93.8 Å². The molecule has 4 aliphatic carbocycles. The van der Waals surface area contributed by atoms with Crippen LogP contribution in [-0.4, -0.2) is 23.7 Å². The Bertz CT molecular complexity index is 995. The molecule has 0 aliphatic heterocycles. The van der Waals surface area contributed by atoms with Gasteiger partial charge in [0.2, 0.25) is 0 Å². The maximum atomic E-state index is 12.0. The Morgan fingerprint density at radius 2 is 1.62 bits per heavy atom. The zero-order chi connectivity index (χ0) is 22.1. The van der Waals surface area contributed by atoms with Crippen LogP contribution in [0.25, 0.3) is 0 Å². The third kappa shape index (κ3) is 4.24. The number of ether oxygens (including phenoxy) is 1. The van der Waals surface area contributed by atoms with E-state index in [9.17, 15) is 14.9 Å². The molecule has 1 amide bonds. The van der Waals surface area contributed by atoms with E-state index in [1.165, 1.54) is 62.4 Å². The van der Waals surface area contributed by atoms with Gasteiger partial charge in [-0.15, -0.1) is 0 Å². The summed E-state index contributed by atoms with van der Waals surface area (Å²) in [6.45, 7) is -0.131. The van der Waals surface area contributed by atoms with Gasteiger partial charge in [-0.25, -0.2) is 5.43 Å². The number of nitro groups is 1. The molecule has 6 rings (SSSR count). The number of hydrogen-bond acceptors (Lipinski definition) is 5. The lowest BCUT2D eigenvalue weighted by Crippen LogP contribution is -2.48. The van der Waals surface area contributed by atoms with Gasteiger partial charge in [-0.1, -0.05) is 12.1 Å². The van der Waals surface area contributed by atoms with Gasteiger partial charge in [-0.05, 0) is 97.1 Å². The summed E-state index contributed by atoms with van der Waals surface area (Å²) < 4.78 is 5.63. The smallest absolute Gasteiger partial charge is 0.277 e. The van der Waals surface area contributed by atoms with Crippen LogP contribution >= 0.6 is 0 Å². The average molecular weight is 434 g/mol. The average Bonchev–Trinajstić information content (AvgIpc) is 2.77. The predicted molar refractivity (Wildman–Crippen MR) is 121 cm³/mol. The monoisotopic (exact) mass is 433 g/mol. The molecule has 1 N–H and O–H groups in total. The highest BCUT2D eigenvalue weighted by atomic mass is 16.6. The normalized spacial score (nSPS) is 28.1. The fourth-order valence-corrected chi connectivity index (χ4v) is 6.41. The van der Waals surface area contributed by atoms with Crippen LogP contribution in [0.3, 0.4) is 0 Å². The standard InChI is InChI=1S/C25H27N3O4/c29-24(27-26-15-17-1-5-22(6-2-17)28(30)31)16-32-23-7-3-21(4-8-23)25-12-18-9-19(13-25)11-20(10-18)14-25/h1-8,15,18-20H,9-14,16H2,(H,27,29). The number of hydrogen-bond donors (Lipinski definition) is 1. The lowest BCUT2D eigenvalue weighted by Gasteiger charge is -2.57. The molecule has 4 saturated carbocycles. The number of rotatable bonds is 7. The van der Waals surface area contributed by atoms with E-state index in [0.29, 0.717) is 16.7 Å². The molecule has 0 spiro atoms. The molecule has 0 heterocycles. The first kappa shape index (κ1) is 20.7. The lowest BCUT2D eigenvalue weighted by atomic mass is 9.48. The van der Waals surface area contributed by atoms with Gasteiger partial charge in [0, 0.05) is 12.1 Å². The van der Waals surface area contributed by atoms with Crippen molar-refractivity contribution in [2.24, 2.45) is 22.9 Å². The van der Waals surface area contributed by atoms with Crippen molar-refractivity contribution in [1.82, 2.24) is 5.43 Å². The molecule has 0 unspecified atom stereocenters. The van der Waals surface area contributed by atoms with Crippen LogP contribution < -0.4 is 10.2 Å². The number of nitrogens with zero attached hydrogens (tertiary/aromatic N) is 2. The van der Waals surface area contributed by atoms with Crippen LogP contribution in [0.4, 0.5) is 5.69 Å². The van der Waals surface area contributed by atoms with Crippen molar-refractivity contribution < 1.29 is 14.5 Å². The summed E-state index contributed by atoms with van der Waals surface area (Å²) in [7, 11) is 0. The van der Waals surface area contributed by atoms with E-state index in [2.05, 4.69) is 22.7 Å². The van der Waals surface area contributed by atoms with Crippen LogP contribution in [0.2, 0.25) is 0 Å². The van der Waals surface area contributed by atoms with Gasteiger partial charge in [-0.2, -0.15) is 5.10 Å². The minimum absolute atomic E-state index is 0.00814. The summed E-state index contributed by atoms with van der Waals surface area (Å²) in [5.74, 6) is 3.04. The number of nitrogens with one attached hydrogen (secondary N) is 1. The fraction of sp³-hybridized carbons (Fsp3) is 0.440. The summed E-state index contributed by atoms with van der Waals surface area (Å²) in [6, 6.07) is 14.2. The molecule has 4 fully saturated rings. The Morgan fingerprint density at radius 3 is 2.19 bits per heavy atom. The van der Waals surface area contributed by atoms with Crippen molar-refractivity contribution in [3.63, 3.8) is 0 Å². The van der Waals surface area contributed by atoms with Crippen molar-refractivity contribution >= 4 is 17.8 Å². The summed E-state index contributed by atoms with van der Waals surface area (Å²) in [6.07, 6.45) is 9.71. The lowest BCUT2D eigenvalue weighted by molar-refractivity contribution is -0.384. The predicted octanol–water partition coefficient (Wildman–Crippen LogP) is 4.59. The number of amides is 1. The van der Waals surface area contributed by atoms with Gasteiger partial charge < -0.3 is 4.74 Å². The van der Waals surface area contributed by atoms with Crippen molar-refractivity contribution in [2.45, 2.75) is 43.9 Å². The molecule has 7 nitrogen and oxygen atoms in total. The second-order valence-electron chi connectivity index (χ2n) is 9.65. The fourth-order valence-electron chi connectivity index (χ4n) is 6.41. The molecule has 2 aromatic rings. The summed E-state index contributed by atoms with van der Waals surface area (Å²) in [4.78, 5) is 22.2. The molecule has 32 heavy (non-hydrogen) atoms. The number of hydrazone groups is 1. The van der Waals surface area contributed by atoms with E-state index in [-0.39, 0.29) is 18.2 Å². The molecule has 0 aromatic heterocycles. The summed E-state index contributed by atoms with van der Waals surface area (Å²) in [5, 5.41) is 14.5. The quantitative estimate of drug-likeness (QED) is 0.392. The number of benzene rings is 2. The van der Waals surface area contributed by atoms with Crippen molar-refractivity contribution in [3.05, 3.63) is 69.8 Å². The third-order valence-corrected chi connectivity index (χ3v) is 7.38. The van der Waals surface area contributed by atoms with E-state index in [0.717, 1.165) is 17.8 Å². The first-order valence-corrected chi connectivity index (χ1v) is 11.3. The van der Waals surface area contributed by atoms with E-state index in [1.807, 2.05) is 12.1 Å². The number of non-ortho nitro benzene ring substituents is 1. The Hall–Kier alpha value is -3.22. The molecule has 0 atom stereocenters. The van der Waals surface area contributed by atoms with Gasteiger partial charge >= 0.3 is 0 Å². The van der Waals surface area contributed by atoms with Crippen LogP contribution in [0.15, 0.2) is 53.6 Å². The highest BCUT2D eigenvalue weighted by molar-refractivity contribution is 5.83. The van der Waals surface area contributed by atoms with Crippen molar-refractivity contribution in [2.75, 3.05) is 6.61 Å². The number of carbonyl (C=O) groups is 1. The molecular weight excluding hydrogens is 406 g/mol. The van der Waals surface area contributed by atoms with Crippen LogP contribution in [0.1, 0.15) is 49.7 Å². The Labute approximate surface area is 187 Å². The van der Waals surface area contributed by atoms with E-state index in [1.54, 1.807) is 12.1 Å². The van der Waals surface area contributed by atoms with Crippen LogP contribution in [0.5, 0.6) is 5.75 Å². The zero-order valence-corrected chi connectivity index (χ0v) is 17.9. The molecule has 4 bridgehead atoms. The Balaban J connectivity index is 1.12. The molecule has 0 saturated heterocycles. The first-order valence-electron chi connectivity index (χ1n) is 11.3. The van der Waals surface area contributed by atoms with Crippen LogP contribution in [-0.2, 0) is 10.2 Å². The molecule has 2 aromatic carbocycles. The summed E-state index contributed by atoms with van der Waals surface area (Å²) >= 11 is 0. The van der Waals surface area contributed by atoms with Gasteiger partial charge in [-0.3, -0.25) is 14.9 Å². The number of nitro benzene ring substituents is 1. The highest BCUT2D eigenvalue weighted by Crippen LogP contribution is 2.60. The van der Waals surface area contributed by atoms with Gasteiger partial charge in [0.15, 0.2) is 6.61 Å². The maximum Gasteiger partial charge on any atom is 0.277 e. The molecule has 7 heteroatoms.